The number of nitrogens with zero attached hydrogens (tertiary/aromatic N) is 2. The first kappa shape index (κ1) is 29.5. The quantitative estimate of drug-likeness (QED) is 0.292. The summed E-state index contributed by atoms with van der Waals surface area (Å²) < 4.78 is 5.70. The van der Waals surface area contributed by atoms with Crippen molar-refractivity contribution in [3.05, 3.63) is 95.6 Å². The molecular formula is C36H32N2O8. The lowest BCUT2D eigenvalue weighted by atomic mass is 9.51. The number of carbonyl (C=O) groups excluding carboxylic acids is 4. The van der Waals surface area contributed by atoms with E-state index >= 15 is 0 Å². The Labute approximate surface area is 264 Å². The molecule has 1 saturated carbocycles. The normalized spacial score (nSPS) is 28.5. The van der Waals surface area contributed by atoms with Gasteiger partial charge in [0, 0.05) is 11.5 Å². The number of ether oxygens (including phenoxy) is 1. The summed E-state index contributed by atoms with van der Waals surface area (Å²) in [7, 11) is 0. The summed E-state index contributed by atoms with van der Waals surface area (Å²) >= 11 is 0. The van der Waals surface area contributed by atoms with Crippen LogP contribution in [0.1, 0.15) is 48.5 Å². The Morgan fingerprint density at radius 1 is 0.891 bits per heavy atom. The van der Waals surface area contributed by atoms with Crippen LogP contribution in [0.4, 0.5) is 11.4 Å². The van der Waals surface area contributed by atoms with Crippen LogP contribution in [0.2, 0.25) is 0 Å². The van der Waals surface area contributed by atoms with Gasteiger partial charge in [0.1, 0.15) is 0 Å². The molecule has 0 aromatic heterocycles. The number of hydrogen-bond acceptors (Lipinski definition) is 7. The largest absolute Gasteiger partial charge is 0.504 e. The minimum absolute atomic E-state index is 0.0546. The molecule has 10 nitrogen and oxygen atoms in total. The number of hydrogen-bond donors (Lipinski definition) is 2. The first-order valence-corrected chi connectivity index (χ1v) is 15.4. The number of carbonyl (C=O) groups is 5. The van der Waals surface area contributed by atoms with Crippen LogP contribution in [-0.2, 0) is 19.2 Å². The fraction of sp³-hybridized carbons (Fsp3) is 0.306. The van der Waals surface area contributed by atoms with E-state index in [0.29, 0.717) is 17.9 Å². The van der Waals surface area contributed by atoms with Gasteiger partial charge in [0.15, 0.2) is 11.5 Å². The lowest BCUT2D eigenvalue weighted by Gasteiger charge is -2.49. The summed E-state index contributed by atoms with van der Waals surface area (Å²) in [5, 5.41) is 21.1. The highest BCUT2D eigenvalue weighted by molar-refractivity contribution is 6.25. The number of carboxylic acids is 1. The minimum Gasteiger partial charge on any atom is -0.504 e. The summed E-state index contributed by atoms with van der Waals surface area (Å²) in [5.74, 6) is -6.58. The van der Waals surface area contributed by atoms with Crippen molar-refractivity contribution in [1.29, 1.82) is 0 Å². The molecule has 10 heteroatoms. The van der Waals surface area contributed by atoms with Crippen LogP contribution in [0.15, 0.2) is 84.4 Å². The molecule has 6 atom stereocenters. The van der Waals surface area contributed by atoms with E-state index in [1.54, 1.807) is 62.4 Å². The van der Waals surface area contributed by atoms with Gasteiger partial charge in [0.05, 0.1) is 46.7 Å². The number of anilines is 2. The second-order valence-corrected chi connectivity index (χ2v) is 12.5. The number of allylic oxidation sites excluding steroid dienone is 2. The van der Waals surface area contributed by atoms with E-state index < -0.39 is 64.6 Å². The maximum Gasteiger partial charge on any atom is 0.335 e. The molecule has 0 radical (unpaired) electrons. The van der Waals surface area contributed by atoms with Crippen molar-refractivity contribution in [2.75, 3.05) is 16.4 Å². The van der Waals surface area contributed by atoms with E-state index in [-0.39, 0.29) is 35.6 Å². The number of rotatable bonds is 6. The summed E-state index contributed by atoms with van der Waals surface area (Å²) in [6.07, 6.45) is 2.27. The number of amides is 4. The van der Waals surface area contributed by atoms with Crippen molar-refractivity contribution in [2.24, 2.45) is 29.1 Å². The molecule has 4 amide bonds. The molecule has 3 aromatic rings. The lowest BCUT2D eigenvalue weighted by molar-refractivity contribution is -0.131. The van der Waals surface area contributed by atoms with Gasteiger partial charge in [-0.1, -0.05) is 48.0 Å². The zero-order valence-electron chi connectivity index (χ0n) is 25.3. The fourth-order valence-electron chi connectivity index (χ4n) is 8.26. The number of fused-ring (bicyclic) bond motifs is 4. The molecule has 2 N–H and O–H groups in total. The number of aromatic hydroxyl groups is 1. The Hall–Kier alpha value is -5.25. The molecule has 4 aliphatic rings. The van der Waals surface area contributed by atoms with Gasteiger partial charge in [-0.25, -0.2) is 9.69 Å². The fourth-order valence-corrected chi connectivity index (χ4v) is 8.26. The highest BCUT2D eigenvalue weighted by atomic mass is 16.5. The lowest BCUT2D eigenvalue weighted by Crippen LogP contribution is -2.48. The van der Waals surface area contributed by atoms with E-state index in [2.05, 4.69) is 0 Å². The summed E-state index contributed by atoms with van der Waals surface area (Å²) in [6.45, 7) is 3.85. The summed E-state index contributed by atoms with van der Waals surface area (Å²) in [6, 6.07) is 19.5. The van der Waals surface area contributed by atoms with Crippen LogP contribution >= 0.6 is 0 Å². The predicted molar refractivity (Wildman–Crippen MR) is 166 cm³/mol. The topological polar surface area (TPSA) is 142 Å². The molecule has 0 unspecified atom stereocenters. The van der Waals surface area contributed by atoms with Crippen LogP contribution in [0, 0.1) is 29.1 Å². The zero-order chi connectivity index (χ0) is 32.5. The average molecular weight is 621 g/mol. The molecular weight excluding hydrogens is 588 g/mol. The minimum atomic E-state index is -1.31. The van der Waals surface area contributed by atoms with Crippen molar-refractivity contribution in [3.8, 4) is 11.5 Å². The molecule has 2 heterocycles. The van der Waals surface area contributed by atoms with Crippen molar-refractivity contribution in [2.45, 2.75) is 32.6 Å². The van der Waals surface area contributed by atoms with Gasteiger partial charge in [-0.15, -0.1) is 0 Å². The van der Waals surface area contributed by atoms with E-state index in [4.69, 9.17) is 4.74 Å². The van der Waals surface area contributed by atoms with Crippen molar-refractivity contribution >= 4 is 41.0 Å². The first-order valence-electron chi connectivity index (χ1n) is 15.4. The number of carboxylic acid groups (broad SMARTS) is 1. The zero-order valence-corrected chi connectivity index (χ0v) is 25.3. The predicted octanol–water partition coefficient (Wildman–Crippen LogP) is 4.92. The number of aromatic carboxylic acids is 1. The van der Waals surface area contributed by atoms with E-state index in [1.807, 2.05) is 6.08 Å². The Balaban J connectivity index is 1.37. The van der Waals surface area contributed by atoms with E-state index in [1.165, 1.54) is 29.2 Å². The van der Waals surface area contributed by atoms with Gasteiger partial charge in [0.2, 0.25) is 23.6 Å². The third-order valence-electron chi connectivity index (χ3n) is 10.3. The Kier molecular flexibility index (Phi) is 6.84. The van der Waals surface area contributed by atoms with Crippen molar-refractivity contribution in [3.63, 3.8) is 0 Å². The third kappa shape index (κ3) is 4.05. The van der Waals surface area contributed by atoms with Gasteiger partial charge in [-0.05, 0) is 69.0 Å². The molecule has 3 aromatic carbocycles. The molecule has 2 saturated heterocycles. The molecule has 2 aliphatic heterocycles. The Morgan fingerprint density at radius 3 is 2.33 bits per heavy atom. The maximum absolute atomic E-state index is 14.5. The standard InChI is InChI=1S/C36H32N2O8/c1-3-46-27-14-8-13-24(30(27)39)29-22-15-16-23-28(33(42)37(31(23)40)21-12-7-9-19(17-21)34(43)44)25(22)18-26-32(41)38(35(45)36(26,29)2)20-10-5-4-6-11-20/h4-15,17,23,25-26,28-29,39H,3,16,18H2,1-2H3,(H,43,44)/t23-,25+,26-,28-,29+,36+/m0/s1. The number of para-hydroxylation sites is 2. The van der Waals surface area contributed by atoms with Crippen LogP contribution in [0.25, 0.3) is 0 Å². The van der Waals surface area contributed by atoms with Crippen molar-refractivity contribution in [1.82, 2.24) is 0 Å². The van der Waals surface area contributed by atoms with Gasteiger partial charge >= 0.3 is 5.97 Å². The van der Waals surface area contributed by atoms with Crippen LogP contribution in [-0.4, -0.2) is 46.4 Å². The van der Waals surface area contributed by atoms with Crippen LogP contribution in [0.3, 0.4) is 0 Å². The Morgan fingerprint density at radius 2 is 1.61 bits per heavy atom. The maximum atomic E-state index is 14.5. The molecule has 7 rings (SSSR count). The summed E-state index contributed by atoms with van der Waals surface area (Å²) in [5.41, 5.74) is 0.374. The van der Waals surface area contributed by atoms with Gasteiger partial charge in [0.25, 0.3) is 0 Å². The summed E-state index contributed by atoms with van der Waals surface area (Å²) in [4.78, 5) is 70.8. The molecule has 234 valence electrons. The molecule has 0 spiro atoms. The number of imide groups is 2. The monoisotopic (exact) mass is 620 g/mol. The Bertz CT molecular complexity index is 1850. The molecule has 2 aliphatic carbocycles. The first-order chi connectivity index (χ1) is 22.1. The molecule has 46 heavy (non-hydrogen) atoms. The van der Waals surface area contributed by atoms with Gasteiger partial charge in [-0.2, -0.15) is 0 Å². The smallest absolute Gasteiger partial charge is 0.335 e. The van der Waals surface area contributed by atoms with E-state index in [9.17, 15) is 34.2 Å². The molecule has 3 fully saturated rings. The van der Waals surface area contributed by atoms with Crippen LogP contribution in [0.5, 0.6) is 11.5 Å². The van der Waals surface area contributed by atoms with Gasteiger partial charge in [-0.3, -0.25) is 24.1 Å². The number of phenols is 1. The highest BCUT2D eigenvalue weighted by Gasteiger charge is 2.68. The number of benzene rings is 3. The number of phenolic OH excluding ortho intramolecular Hbond substituents is 1. The van der Waals surface area contributed by atoms with E-state index in [0.717, 1.165) is 10.5 Å². The second kappa shape index (κ2) is 10.7. The van der Waals surface area contributed by atoms with Crippen LogP contribution < -0.4 is 14.5 Å². The third-order valence-corrected chi connectivity index (χ3v) is 10.3. The highest BCUT2D eigenvalue weighted by Crippen LogP contribution is 2.65. The SMILES string of the molecule is CCOc1cccc([C@H]2C3=CC[C@@H]4C(=O)N(c5cccc(C(=O)O)c5)C(=O)[C@@H]4[C@@H]3C[C@H]3C(=O)N(c4ccccc4)C(=O)[C@@]23C)c1O. The van der Waals surface area contributed by atoms with Gasteiger partial charge < -0.3 is 14.9 Å². The molecule has 0 bridgehead atoms. The van der Waals surface area contributed by atoms with Crippen molar-refractivity contribution < 1.29 is 38.9 Å². The average Bonchev–Trinajstić information content (AvgIpc) is 3.42. The second-order valence-electron chi connectivity index (χ2n) is 12.5.